The van der Waals surface area contributed by atoms with Gasteiger partial charge in [-0.3, -0.25) is 9.69 Å². The second-order valence-corrected chi connectivity index (χ2v) is 12.6. The van der Waals surface area contributed by atoms with Crippen molar-refractivity contribution in [3.05, 3.63) is 0 Å². The summed E-state index contributed by atoms with van der Waals surface area (Å²) in [6.07, 6.45) is 0.557. The lowest BCUT2D eigenvalue weighted by atomic mass is 10.2. The van der Waals surface area contributed by atoms with Gasteiger partial charge in [-0.05, 0) is 83.1 Å². The van der Waals surface area contributed by atoms with Gasteiger partial charge in [0.1, 0.15) is 0 Å². The molecule has 0 aliphatic rings. The van der Waals surface area contributed by atoms with E-state index in [1.807, 2.05) is 0 Å². The Labute approximate surface area is 205 Å². The Morgan fingerprint density at radius 3 is 1.53 bits per heavy atom. The van der Waals surface area contributed by atoms with Crippen LogP contribution in [0.15, 0.2) is 0 Å². The van der Waals surface area contributed by atoms with Gasteiger partial charge in [-0.25, -0.2) is 9.34 Å². The summed E-state index contributed by atoms with van der Waals surface area (Å²) < 4.78 is 17.1. The molecule has 0 heterocycles. The van der Waals surface area contributed by atoms with E-state index in [0.29, 0.717) is 61.8 Å². The van der Waals surface area contributed by atoms with Gasteiger partial charge in [-0.15, -0.1) is 0 Å². The summed E-state index contributed by atoms with van der Waals surface area (Å²) in [6.45, 7) is 28.4. The van der Waals surface area contributed by atoms with Crippen LogP contribution in [-0.2, 0) is 14.1 Å². The highest BCUT2D eigenvalue weighted by molar-refractivity contribution is 8.13. The monoisotopic (exact) mass is 493 g/mol. The minimum Gasteiger partial charge on any atom is -0.368 e. The van der Waals surface area contributed by atoms with E-state index >= 15 is 0 Å². The number of rotatable bonds is 17. The first-order chi connectivity index (χ1) is 14.8. The smallest absolute Gasteiger partial charge is 0.192 e. The zero-order chi connectivity index (χ0) is 25.0. The van der Waals surface area contributed by atoms with Crippen molar-refractivity contribution >= 4 is 25.3 Å². The van der Waals surface area contributed by atoms with Gasteiger partial charge < -0.3 is 9.26 Å². The molecule has 0 aromatic carbocycles. The van der Waals surface area contributed by atoms with Crippen LogP contribution in [0.4, 0.5) is 0 Å². The van der Waals surface area contributed by atoms with Crippen LogP contribution < -0.4 is 0 Å². The van der Waals surface area contributed by atoms with Crippen molar-refractivity contribution in [1.82, 2.24) is 14.2 Å². The Morgan fingerprint density at radius 2 is 1.16 bits per heavy atom. The number of carbonyl (C=O) groups is 1. The molecule has 0 saturated heterocycles. The second kappa shape index (κ2) is 16.8. The predicted octanol–water partition coefficient (Wildman–Crippen LogP) is 6.21. The van der Waals surface area contributed by atoms with Crippen LogP contribution in [0.5, 0.6) is 0 Å². The summed E-state index contributed by atoms with van der Waals surface area (Å²) in [4.78, 5) is 14.6. The van der Waals surface area contributed by atoms with Crippen molar-refractivity contribution in [2.45, 2.75) is 126 Å². The summed E-state index contributed by atoms with van der Waals surface area (Å²) in [5.41, 5.74) is 0. The summed E-state index contributed by atoms with van der Waals surface area (Å²) in [5, 5.41) is 0.191. The molecule has 6 nitrogen and oxygen atoms in total. The lowest BCUT2D eigenvalue weighted by molar-refractivity contribution is -0.111. The van der Waals surface area contributed by atoms with Crippen molar-refractivity contribution in [2.75, 3.05) is 25.7 Å². The average Bonchev–Trinajstić information content (AvgIpc) is 2.62. The summed E-state index contributed by atoms with van der Waals surface area (Å²) in [6, 6.07) is 2.47. The van der Waals surface area contributed by atoms with Crippen LogP contribution in [0, 0.1) is 0 Å². The van der Waals surface area contributed by atoms with Crippen molar-refractivity contribution in [1.29, 1.82) is 0 Å². The molecule has 0 bridgehead atoms. The third-order valence-corrected chi connectivity index (χ3v) is 9.01. The Morgan fingerprint density at radius 1 is 0.719 bits per heavy atom. The van der Waals surface area contributed by atoms with Gasteiger partial charge in [0.05, 0.1) is 19.2 Å². The largest absolute Gasteiger partial charge is 0.368 e. The Balaban J connectivity index is 4.61. The average molecular weight is 494 g/mol. The molecule has 192 valence electrons. The van der Waals surface area contributed by atoms with E-state index in [4.69, 9.17) is 9.26 Å². The van der Waals surface area contributed by atoms with Crippen molar-refractivity contribution in [3.63, 3.8) is 0 Å². The fourth-order valence-corrected chi connectivity index (χ4v) is 6.88. The van der Waals surface area contributed by atoms with Gasteiger partial charge in [0.15, 0.2) is 13.6 Å². The van der Waals surface area contributed by atoms with Crippen molar-refractivity contribution in [3.8, 4) is 0 Å². The first kappa shape index (κ1) is 32.2. The molecule has 0 aromatic heterocycles. The molecule has 0 unspecified atom stereocenters. The fraction of sp³-hybridized carbons (Fsp3) is 0.958. The molecule has 0 aliphatic heterocycles. The minimum atomic E-state index is -0.897. The highest BCUT2D eigenvalue weighted by Gasteiger charge is 2.34. The Bertz CT molecular complexity index is 461. The third-order valence-electron chi connectivity index (χ3n) is 5.15. The molecule has 0 amide bonds. The Hall–Kier alpha value is 0.250. The number of thioether (sulfide) groups is 1. The quantitative estimate of drug-likeness (QED) is 0.136. The van der Waals surface area contributed by atoms with E-state index in [0.717, 1.165) is 6.54 Å². The molecule has 0 fully saturated rings. The lowest BCUT2D eigenvalue weighted by Crippen LogP contribution is -2.43. The van der Waals surface area contributed by atoms with Gasteiger partial charge in [0.2, 0.25) is 0 Å². The summed E-state index contributed by atoms with van der Waals surface area (Å²) in [5.74, 6) is 0.389. The second-order valence-electron chi connectivity index (χ2n) is 9.94. The highest BCUT2D eigenvalue weighted by atomic mass is 32.2. The van der Waals surface area contributed by atoms with Crippen LogP contribution in [0.3, 0.4) is 0 Å². The van der Waals surface area contributed by atoms with Crippen LogP contribution in [0.25, 0.3) is 0 Å². The van der Waals surface area contributed by atoms with Crippen LogP contribution in [0.2, 0.25) is 0 Å². The molecule has 0 saturated carbocycles. The van der Waals surface area contributed by atoms with Gasteiger partial charge in [-0.2, -0.15) is 0 Å². The summed E-state index contributed by atoms with van der Waals surface area (Å²) in [7, 11) is -0.897. The molecule has 8 heteroatoms. The van der Waals surface area contributed by atoms with Gasteiger partial charge >= 0.3 is 0 Å². The SMILES string of the molecule is CC(C)N(CCC(=O)SCOCCOP(N(C(C)C)C(C)C)N(C(C)C)C(C)C)C(C)C. The summed E-state index contributed by atoms with van der Waals surface area (Å²) >= 11 is 1.27. The Kier molecular flexibility index (Phi) is 16.9. The highest BCUT2D eigenvalue weighted by Crippen LogP contribution is 2.50. The van der Waals surface area contributed by atoms with Gasteiger partial charge in [0, 0.05) is 49.2 Å². The molecule has 0 N–H and O–H groups in total. The number of nitrogens with zero attached hydrogens (tertiary/aromatic N) is 3. The first-order valence-corrected chi connectivity index (χ1v) is 14.4. The normalized spacial score (nSPS) is 13.2. The van der Waals surface area contributed by atoms with Crippen LogP contribution in [0.1, 0.15) is 89.5 Å². The molecular formula is C24H52N3O3PS. The maximum absolute atomic E-state index is 12.2. The third kappa shape index (κ3) is 12.1. The molecule has 0 aliphatic carbocycles. The first-order valence-electron chi connectivity index (χ1n) is 12.3. The fourth-order valence-electron chi connectivity index (χ4n) is 3.98. The maximum atomic E-state index is 12.2. The molecule has 0 rings (SSSR count). The number of hydrogen-bond donors (Lipinski definition) is 0. The zero-order valence-corrected chi connectivity index (χ0v) is 24.6. The van der Waals surface area contributed by atoms with Crippen molar-refractivity contribution in [2.24, 2.45) is 0 Å². The molecule has 0 radical (unpaired) electrons. The van der Waals surface area contributed by atoms with Gasteiger partial charge in [0.25, 0.3) is 0 Å². The van der Waals surface area contributed by atoms with E-state index in [2.05, 4.69) is 97.3 Å². The molecule has 0 atom stereocenters. The topological polar surface area (TPSA) is 45.3 Å². The zero-order valence-electron chi connectivity index (χ0n) is 22.9. The number of hydrogen-bond acceptors (Lipinski definition) is 7. The van der Waals surface area contributed by atoms with E-state index < -0.39 is 8.45 Å². The van der Waals surface area contributed by atoms with E-state index in [-0.39, 0.29) is 5.12 Å². The maximum Gasteiger partial charge on any atom is 0.192 e. The predicted molar refractivity (Wildman–Crippen MR) is 142 cm³/mol. The van der Waals surface area contributed by atoms with Crippen molar-refractivity contribution < 1.29 is 14.1 Å². The molecular weight excluding hydrogens is 441 g/mol. The van der Waals surface area contributed by atoms with E-state index in [1.165, 1.54) is 11.8 Å². The number of carbonyl (C=O) groups excluding carboxylic acids is 1. The standard InChI is InChI=1S/C24H52N3O3PS/c1-18(2)25(19(3)4)14-13-24(28)32-17-29-15-16-30-31(26(20(5)6)21(7)8)27(22(9)10)23(11)12/h18-23H,13-17H2,1-12H3. The minimum absolute atomic E-state index is 0.191. The number of ether oxygens (including phenoxy) is 1. The molecule has 0 aromatic rings. The van der Waals surface area contributed by atoms with E-state index in [1.54, 1.807) is 0 Å². The molecule has 0 spiro atoms. The van der Waals surface area contributed by atoms with Crippen LogP contribution in [-0.4, -0.2) is 81.3 Å². The van der Waals surface area contributed by atoms with Gasteiger partial charge in [-0.1, -0.05) is 11.8 Å². The molecule has 32 heavy (non-hydrogen) atoms. The van der Waals surface area contributed by atoms with Crippen LogP contribution >= 0.6 is 20.2 Å². The lowest BCUT2D eigenvalue weighted by Gasteiger charge is -2.45. The van der Waals surface area contributed by atoms with E-state index in [9.17, 15) is 4.79 Å².